The Morgan fingerprint density at radius 1 is 1.71 bits per heavy atom. The summed E-state index contributed by atoms with van der Waals surface area (Å²) in [6, 6.07) is 0. The zero-order chi connectivity index (χ0) is 12.6. The van der Waals surface area contributed by atoms with Gasteiger partial charge in [-0.1, -0.05) is 0 Å². The average Bonchev–Trinajstić information content (AvgIpc) is 2.51. The van der Waals surface area contributed by atoms with Crippen molar-refractivity contribution in [2.24, 2.45) is 5.73 Å². The number of nitrogens with two attached hydrogens (primary N) is 1. The maximum absolute atomic E-state index is 11.4. The van der Waals surface area contributed by atoms with E-state index >= 15 is 0 Å². The molecule has 0 saturated carbocycles. The molecule has 0 aromatic heterocycles. The first-order valence-corrected chi connectivity index (χ1v) is 6.26. The van der Waals surface area contributed by atoms with E-state index in [0.29, 0.717) is 26.1 Å². The molecule has 94 valence electrons. The van der Waals surface area contributed by atoms with Gasteiger partial charge in [0.05, 0.1) is 11.8 Å². The van der Waals surface area contributed by atoms with Crippen molar-refractivity contribution in [1.82, 2.24) is 9.80 Å². The maximum atomic E-state index is 11.4. The smallest absolute Gasteiger partial charge is 0.353 e. The second-order valence-corrected chi connectivity index (χ2v) is 5.42. The summed E-state index contributed by atoms with van der Waals surface area (Å²) in [5.74, 6) is -1.12. The minimum atomic E-state index is -1.02. The number of fused-ring (bicyclic) bond motifs is 1. The number of carboxylic acids is 1. The van der Waals surface area contributed by atoms with E-state index in [1.807, 2.05) is 11.9 Å². The number of thioether (sulfide) groups is 1. The predicted octanol–water partition coefficient (Wildman–Crippen LogP) is -0.522. The standard InChI is InChI=1S/C10H15N3O3S/c1-12(3-2-11)5-6-9(10(15)16)13-7(14)4-8(13)17-6/h8H,2-5,11H2,1H3,(H,15,16)/t8-/m1/s1. The Morgan fingerprint density at radius 3 is 2.94 bits per heavy atom. The fourth-order valence-corrected chi connectivity index (χ4v) is 3.46. The molecule has 0 aromatic carbocycles. The Hall–Kier alpha value is -1.05. The number of β-lactam (4-membered cyclic amide) rings is 1. The first-order valence-electron chi connectivity index (χ1n) is 5.38. The molecule has 2 heterocycles. The second kappa shape index (κ2) is 4.67. The maximum Gasteiger partial charge on any atom is 0.353 e. The van der Waals surface area contributed by atoms with Crippen LogP contribution < -0.4 is 5.73 Å². The topological polar surface area (TPSA) is 86.9 Å². The minimum absolute atomic E-state index is 0.00474. The van der Waals surface area contributed by atoms with Gasteiger partial charge in [-0.25, -0.2) is 4.79 Å². The van der Waals surface area contributed by atoms with Gasteiger partial charge in [0, 0.05) is 24.5 Å². The van der Waals surface area contributed by atoms with Gasteiger partial charge >= 0.3 is 5.97 Å². The lowest BCUT2D eigenvalue weighted by Crippen LogP contribution is -2.48. The van der Waals surface area contributed by atoms with Crippen molar-refractivity contribution in [3.05, 3.63) is 10.6 Å². The Bertz CT molecular complexity index is 396. The van der Waals surface area contributed by atoms with Crippen LogP contribution in [0.3, 0.4) is 0 Å². The molecule has 1 saturated heterocycles. The third-order valence-electron chi connectivity index (χ3n) is 2.82. The normalized spacial score (nSPS) is 23.1. The largest absolute Gasteiger partial charge is 0.477 e. The number of hydrogen-bond donors (Lipinski definition) is 2. The van der Waals surface area contributed by atoms with Crippen molar-refractivity contribution < 1.29 is 14.7 Å². The lowest BCUT2D eigenvalue weighted by Gasteiger charge is -2.33. The lowest BCUT2D eigenvalue weighted by molar-refractivity contribution is -0.145. The van der Waals surface area contributed by atoms with Crippen LogP contribution in [0.25, 0.3) is 0 Å². The van der Waals surface area contributed by atoms with Crippen LogP contribution in [0.5, 0.6) is 0 Å². The Kier molecular flexibility index (Phi) is 3.41. The summed E-state index contributed by atoms with van der Waals surface area (Å²) >= 11 is 1.48. The van der Waals surface area contributed by atoms with Crippen LogP contribution in [0.1, 0.15) is 6.42 Å². The lowest BCUT2D eigenvalue weighted by atomic mass is 10.1. The first-order chi connectivity index (χ1) is 8.04. The number of hydrogen-bond acceptors (Lipinski definition) is 5. The van der Waals surface area contributed by atoms with Crippen LogP contribution in [0.4, 0.5) is 0 Å². The number of carbonyl (C=O) groups is 2. The van der Waals surface area contributed by atoms with Crippen LogP contribution in [0.2, 0.25) is 0 Å². The number of aliphatic carboxylic acids is 1. The van der Waals surface area contributed by atoms with E-state index in [2.05, 4.69) is 0 Å². The highest BCUT2D eigenvalue weighted by Gasteiger charge is 2.48. The highest BCUT2D eigenvalue weighted by atomic mass is 32.2. The zero-order valence-electron chi connectivity index (χ0n) is 9.55. The molecular formula is C10H15N3O3S. The van der Waals surface area contributed by atoms with Crippen LogP contribution in [-0.2, 0) is 9.59 Å². The summed E-state index contributed by atoms with van der Waals surface area (Å²) in [6.45, 7) is 1.77. The van der Waals surface area contributed by atoms with Crippen molar-refractivity contribution >= 4 is 23.6 Å². The number of nitrogens with zero attached hydrogens (tertiary/aromatic N) is 2. The Morgan fingerprint density at radius 2 is 2.41 bits per heavy atom. The van der Waals surface area contributed by atoms with Gasteiger partial charge in [-0.05, 0) is 7.05 Å². The molecule has 0 aromatic rings. The van der Waals surface area contributed by atoms with Gasteiger partial charge in [-0.2, -0.15) is 0 Å². The van der Waals surface area contributed by atoms with Crippen molar-refractivity contribution in [3.63, 3.8) is 0 Å². The monoisotopic (exact) mass is 257 g/mol. The summed E-state index contributed by atoms with van der Waals surface area (Å²) in [5.41, 5.74) is 5.59. The summed E-state index contributed by atoms with van der Waals surface area (Å²) in [5, 5.41) is 9.15. The third-order valence-corrected chi connectivity index (χ3v) is 4.07. The van der Waals surface area contributed by atoms with E-state index in [1.54, 1.807) is 0 Å². The molecule has 0 spiro atoms. The fourth-order valence-electron chi connectivity index (χ4n) is 1.98. The van der Waals surface area contributed by atoms with Crippen LogP contribution >= 0.6 is 11.8 Å². The molecule has 7 heteroatoms. The molecule has 0 bridgehead atoms. The van der Waals surface area contributed by atoms with Gasteiger partial charge in [-0.3, -0.25) is 9.69 Å². The third kappa shape index (κ3) is 2.18. The van der Waals surface area contributed by atoms with E-state index in [9.17, 15) is 9.59 Å². The second-order valence-electron chi connectivity index (χ2n) is 4.14. The molecule has 0 radical (unpaired) electrons. The molecule has 2 rings (SSSR count). The number of likely N-dealkylation sites (N-methyl/N-ethyl adjacent to an activating group) is 1. The molecule has 1 amide bonds. The van der Waals surface area contributed by atoms with Crippen LogP contribution in [-0.4, -0.2) is 58.8 Å². The van der Waals surface area contributed by atoms with Crippen molar-refractivity contribution in [1.29, 1.82) is 0 Å². The van der Waals surface area contributed by atoms with Gasteiger partial charge in [-0.15, -0.1) is 11.8 Å². The number of carboxylic acid groups (broad SMARTS) is 1. The summed E-state index contributed by atoms with van der Waals surface area (Å²) in [4.78, 5) is 26.6. The quantitative estimate of drug-likeness (QED) is 0.644. The molecule has 2 aliphatic rings. The summed E-state index contributed by atoms with van der Waals surface area (Å²) in [6.07, 6.45) is 0.436. The van der Waals surface area contributed by atoms with Gasteiger partial charge in [0.15, 0.2) is 0 Å². The first kappa shape index (κ1) is 12.4. The molecule has 6 nitrogen and oxygen atoms in total. The summed E-state index contributed by atoms with van der Waals surface area (Å²) < 4.78 is 0. The average molecular weight is 257 g/mol. The predicted molar refractivity (Wildman–Crippen MR) is 64.1 cm³/mol. The highest BCUT2D eigenvalue weighted by molar-refractivity contribution is 8.04. The molecule has 2 aliphatic heterocycles. The van der Waals surface area contributed by atoms with Gasteiger partial charge < -0.3 is 15.7 Å². The molecule has 0 aliphatic carbocycles. The number of carbonyl (C=O) groups excluding carboxylic acids is 1. The molecule has 3 N–H and O–H groups in total. The van der Waals surface area contributed by atoms with E-state index in [4.69, 9.17) is 10.8 Å². The van der Waals surface area contributed by atoms with Gasteiger partial charge in [0.2, 0.25) is 5.91 Å². The zero-order valence-corrected chi connectivity index (χ0v) is 10.4. The van der Waals surface area contributed by atoms with Crippen molar-refractivity contribution in [2.75, 3.05) is 26.7 Å². The molecule has 0 unspecified atom stereocenters. The highest BCUT2D eigenvalue weighted by Crippen LogP contribution is 2.46. The van der Waals surface area contributed by atoms with E-state index < -0.39 is 5.97 Å². The SMILES string of the molecule is CN(CCN)CC1=C(C(=O)O)N2C(=O)C[C@H]2S1. The molecule has 17 heavy (non-hydrogen) atoms. The molecule has 1 atom stereocenters. The molecular weight excluding hydrogens is 242 g/mol. The van der Waals surface area contributed by atoms with E-state index in [1.165, 1.54) is 16.7 Å². The van der Waals surface area contributed by atoms with Gasteiger partial charge in [0.25, 0.3) is 0 Å². The summed E-state index contributed by atoms with van der Waals surface area (Å²) in [7, 11) is 1.89. The fraction of sp³-hybridized carbons (Fsp3) is 0.600. The Labute approximate surface area is 103 Å². The van der Waals surface area contributed by atoms with E-state index in [0.717, 1.165) is 4.91 Å². The number of rotatable bonds is 5. The molecule has 1 fully saturated rings. The van der Waals surface area contributed by atoms with Crippen molar-refractivity contribution in [3.8, 4) is 0 Å². The minimum Gasteiger partial charge on any atom is -0.477 e. The van der Waals surface area contributed by atoms with Crippen molar-refractivity contribution in [2.45, 2.75) is 11.8 Å². The van der Waals surface area contributed by atoms with E-state index in [-0.39, 0.29) is 17.0 Å². The van der Waals surface area contributed by atoms with Crippen LogP contribution in [0.15, 0.2) is 10.6 Å². The van der Waals surface area contributed by atoms with Gasteiger partial charge in [0.1, 0.15) is 5.70 Å². The Balaban J connectivity index is 2.14. The number of amides is 1. The van der Waals surface area contributed by atoms with Crippen LogP contribution in [0, 0.1) is 0 Å².